The van der Waals surface area contributed by atoms with Gasteiger partial charge in [-0.25, -0.2) is 4.98 Å². The van der Waals surface area contributed by atoms with Crippen molar-refractivity contribution in [2.45, 2.75) is 0 Å². The summed E-state index contributed by atoms with van der Waals surface area (Å²) in [5.74, 6) is 0.830. The van der Waals surface area contributed by atoms with Gasteiger partial charge in [0, 0.05) is 26.3 Å². The van der Waals surface area contributed by atoms with Crippen molar-refractivity contribution in [2.24, 2.45) is 4.99 Å². The molecule has 4 nitrogen and oxygen atoms in total. The van der Waals surface area contributed by atoms with Gasteiger partial charge in [-0.1, -0.05) is 30.3 Å². The lowest BCUT2D eigenvalue weighted by Gasteiger charge is -2.03. The van der Waals surface area contributed by atoms with E-state index in [-0.39, 0.29) is 5.75 Å². The van der Waals surface area contributed by atoms with Crippen molar-refractivity contribution in [1.29, 1.82) is 0 Å². The summed E-state index contributed by atoms with van der Waals surface area (Å²) in [4.78, 5) is 9.22. The van der Waals surface area contributed by atoms with Gasteiger partial charge in [-0.15, -0.1) is 0 Å². The third kappa shape index (κ3) is 3.69. The van der Waals surface area contributed by atoms with Gasteiger partial charge in [0.05, 0.1) is 9.26 Å². The lowest BCUT2D eigenvalue weighted by molar-refractivity contribution is 0.470. The minimum atomic E-state index is 0.245. The summed E-state index contributed by atoms with van der Waals surface area (Å²) in [6.07, 6.45) is 1.68. The number of hydrogen-bond acceptors (Lipinski definition) is 4. The highest BCUT2D eigenvalue weighted by Gasteiger charge is 2.11. The van der Waals surface area contributed by atoms with Crippen LogP contribution in [0.4, 0.5) is 5.69 Å². The molecule has 0 spiro atoms. The molecular formula is C24H14I2N2O2. The van der Waals surface area contributed by atoms with Crippen LogP contribution in [0.1, 0.15) is 5.56 Å². The first kappa shape index (κ1) is 19.5. The molecule has 30 heavy (non-hydrogen) atoms. The average molecular weight is 616 g/mol. The summed E-state index contributed by atoms with van der Waals surface area (Å²) >= 11 is 4.35. The predicted octanol–water partition coefficient (Wildman–Crippen LogP) is 7.31. The van der Waals surface area contributed by atoms with E-state index in [9.17, 15) is 5.11 Å². The normalized spacial score (nSPS) is 11.7. The Balaban J connectivity index is 1.46. The first-order valence-electron chi connectivity index (χ1n) is 9.19. The van der Waals surface area contributed by atoms with Crippen LogP contribution in [0.5, 0.6) is 5.75 Å². The highest BCUT2D eigenvalue weighted by Crippen LogP contribution is 2.31. The fraction of sp³-hybridized carbons (Fsp3) is 0. The van der Waals surface area contributed by atoms with Crippen molar-refractivity contribution in [3.05, 3.63) is 85.5 Å². The largest absolute Gasteiger partial charge is 0.506 e. The number of benzene rings is 4. The number of phenolic OH excluding ortho intramolecular Hbond substituents is 1. The Morgan fingerprint density at radius 2 is 1.73 bits per heavy atom. The van der Waals surface area contributed by atoms with Crippen molar-refractivity contribution >= 4 is 79.0 Å². The molecule has 0 aliphatic carbocycles. The number of oxazole rings is 1. The fourth-order valence-corrected chi connectivity index (χ4v) is 5.19. The van der Waals surface area contributed by atoms with Crippen molar-refractivity contribution in [1.82, 2.24) is 4.98 Å². The second-order valence-electron chi connectivity index (χ2n) is 6.78. The first-order valence-corrected chi connectivity index (χ1v) is 11.3. The van der Waals surface area contributed by atoms with E-state index >= 15 is 0 Å². The van der Waals surface area contributed by atoms with Crippen LogP contribution in [0, 0.1) is 7.14 Å². The SMILES string of the molecule is Oc1c(I)cc(I)cc1C=Nc1ccc(-c2nc3c(ccc4ccccc43)o2)cc1. The molecule has 146 valence electrons. The smallest absolute Gasteiger partial charge is 0.227 e. The number of nitrogens with zero attached hydrogens (tertiary/aromatic N) is 2. The molecule has 0 aliphatic rings. The summed E-state index contributed by atoms with van der Waals surface area (Å²) < 4.78 is 7.85. The van der Waals surface area contributed by atoms with Crippen LogP contribution < -0.4 is 0 Å². The molecule has 1 N–H and O–H groups in total. The van der Waals surface area contributed by atoms with Gasteiger partial charge < -0.3 is 9.52 Å². The van der Waals surface area contributed by atoms with E-state index in [0.717, 1.165) is 40.3 Å². The molecule has 1 heterocycles. The Kier molecular flexibility index (Phi) is 5.20. The molecule has 0 saturated carbocycles. The predicted molar refractivity (Wildman–Crippen MR) is 138 cm³/mol. The van der Waals surface area contributed by atoms with Crippen molar-refractivity contribution < 1.29 is 9.52 Å². The van der Waals surface area contributed by atoms with Gasteiger partial charge in [0.25, 0.3) is 0 Å². The number of fused-ring (bicyclic) bond motifs is 3. The number of aliphatic imine (C=N–C) groups is 1. The number of phenols is 1. The van der Waals surface area contributed by atoms with Gasteiger partial charge in [0.1, 0.15) is 11.3 Å². The Hall–Kier alpha value is -2.46. The number of aromatic nitrogens is 1. The third-order valence-electron chi connectivity index (χ3n) is 4.81. The fourth-order valence-electron chi connectivity index (χ4n) is 3.30. The molecule has 5 rings (SSSR count). The van der Waals surface area contributed by atoms with E-state index in [2.05, 4.69) is 62.3 Å². The molecule has 0 unspecified atom stereocenters. The Morgan fingerprint density at radius 3 is 2.57 bits per heavy atom. The van der Waals surface area contributed by atoms with E-state index in [1.54, 1.807) is 6.21 Å². The zero-order chi connectivity index (χ0) is 20.7. The highest BCUT2D eigenvalue weighted by atomic mass is 127. The van der Waals surface area contributed by atoms with Crippen LogP contribution in [-0.4, -0.2) is 16.3 Å². The molecule has 6 heteroatoms. The van der Waals surface area contributed by atoms with E-state index in [4.69, 9.17) is 9.40 Å². The number of hydrogen-bond donors (Lipinski definition) is 1. The molecule has 0 radical (unpaired) electrons. The van der Waals surface area contributed by atoms with Gasteiger partial charge in [-0.3, -0.25) is 4.99 Å². The van der Waals surface area contributed by atoms with Gasteiger partial charge >= 0.3 is 0 Å². The molecule has 0 atom stereocenters. The van der Waals surface area contributed by atoms with Crippen molar-refractivity contribution in [3.8, 4) is 17.2 Å². The molecule has 1 aromatic heterocycles. The Labute approximate surface area is 200 Å². The van der Waals surface area contributed by atoms with Gasteiger partial charge in [-0.2, -0.15) is 0 Å². The molecule has 4 aromatic carbocycles. The number of halogens is 2. The molecule has 0 amide bonds. The van der Waals surface area contributed by atoms with Crippen LogP contribution in [0.15, 0.2) is 82.2 Å². The summed E-state index contributed by atoms with van der Waals surface area (Å²) in [5, 5.41) is 12.4. The van der Waals surface area contributed by atoms with E-state index in [1.165, 1.54) is 0 Å². The highest BCUT2D eigenvalue weighted by molar-refractivity contribution is 14.1. The molecular weight excluding hydrogens is 602 g/mol. The molecule has 0 fully saturated rings. The van der Waals surface area contributed by atoms with Crippen molar-refractivity contribution in [3.63, 3.8) is 0 Å². The standard InChI is InChI=1S/C24H14I2N2O2/c25-17-11-16(23(29)20(26)12-17)13-27-18-8-5-15(6-9-18)24-28-22-19-4-2-1-3-14(19)7-10-21(22)30-24/h1-13,29H. The van der Waals surface area contributed by atoms with Crippen LogP contribution in [0.2, 0.25) is 0 Å². The summed E-state index contributed by atoms with van der Waals surface area (Å²) in [6.45, 7) is 0. The third-order valence-corrected chi connectivity index (χ3v) is 6.25. The van der Waals surface area contributed by atoms with Gasteiger partial charge in [0.15, 0.2) is 5.58 Å². The summed E-state index contributed by atoms with van der Waals surface area (Å²) in [6, 6.07) is 23.7. The Morgan fingerprint density at radius 1 is 0.933 bits per heavy atom. The second kappa shape index (κ2) is 7.99. The van der Waals surface area contributed by atoms with Gasteiger partial charge in [-0.05, 0) is 93.0 Å². The summed E-state index contributed by atoms with van der Waals surface area (Å²) in [5.41, 5.74) is 4.01. The van der Waals surface area contributed by atoms with Crippen LogP contribution in [-0.2, 0) is 0 Å². The minimum Gasteiger partial charge on any atom is -0.506 e. The average Bonchev–Trinajstić information content (AvgIpc) is 3.20. The zero-order valence-electron chi connectivity index (χ0n) is 15.5. The molecule has 0 saturated heterocycles. The van der Waals surface area contributed by atoms with Crippen LogP contribution >= 0.6 is 45.2 Å². The maximum absolute atomic E-state index is 10.2. The molecule has 5 aromatic rings. The van der Waals surface area contributed by atoms with E-state index < -0.39 is 0 Å². The molecule has 0 bridgehead atoms. The minimum absolute atomic E-state index is 0.245. The maximum Gasteiger partial charge on any atom is 0.227 e. The monoisotopic (exact) mass is 616 g/mol. The number of aromatic hydroxyl groups is 1. The molecule has 0 aliphatic heterocycles. The first-order chi connectivity index (χ1) is 14.6. The van der Waals surface area contributed by atoms with Gasteiger partial charge in [0.2, 0.25) is 5.89 Å². The lowest BCUT2D eigenvalue weighted by atomic mass is 10.1. The van der Waals surface area contributed by atoms with E-state index in [0.29, 0.717) is 11.5 Å². The quantitative estimate of drug-likeness (QED) is 0.171. The Bertz CT molecular complexity index is 1420. The zero-order valence-corrected chi connectivity index (χ0v) is 19.8. The van der Waals surface area contributed by atoms with Crippen LogP contribution in [0.25, 0.3) is 33.3 Å². The summed E-state index contributed by atoms with van der Waals surface area (Å²) in [7, 11) is 0. The van der Waals surface area contributed by atoms with Crippen molar-refractivity contribution in [2.75, 3.05) is 0 Å². The topological polar surface area (TPSA) is 58.6 Å². The van der Waals surface area contributed by atoms with E-state index in [1.807, 2.05) is 60.7 Å². The lowest BCUT2D eigenvalue weighted by Crippen LogP contribution is -1.87. The van der Waals surface area contributed by atoms with Crippen LogP contribution in [0.3, 0.4) is 0 Å². The maximum atomic E-state index is 10.2. The second-order valence-corrected chi connectivity index (χ2v) is 9.19. The number of rotatable bonds is 3.